The molecule has 4 aromatic rings. The highest BCUT2D eigenvalue weighted by Crippen LogP contribution is 2.45. The molecule has 0 saturated carbocycles. The third-order valence-electron chi connectivity index (χ3n) is 9.43. The van der Waals surface area contributed by atoms with Gasteiger partial charge < -0.3 is 14.5 Å². The second-order valence-electron chi connectivity index (χ2n) is 13.9. The molecule has 0 saturated heterocycles. The minimum atomic E-state index is 0.356. The molecule has 2 aliphatic rings. The molecule has 0 fully saturated rings. The van der Waals surface area contributed by atoms with E-state index in [1.807, 2.05) is 18.2 Å². The second kappa shape index (κ2) is 33.5. The summed E-state index contributed by atoms with van der Waals surface area (Å²) in [6.07, 6.45) is 6.96. The van der Waals surface area contributed by atoms with Crippen LogP contribution in [0.1, 0.15) is 40.9 Å². The third-order valence-corrected chi connectivity index (χ3v) is 10.1. The summed E-state index contributed by atoms with van der Waals surface area (Å²) >= 11 is 3.77. The van der Waals surface area contributed by atoms with E-state index in [4.69, 9.17) is 15.9 Å². The summed E-state index contributed by atoms with van der Waals surface area (Å²) in [7, 11) is 1.73. The minimum Gasteiger partial charge on any atom is -0.493 e. The van der Waals surface area contributed by atoms with Crippen molar-refractivity contribution in [1.29, 1.82) is 0 Å². The molecule has 6 rings (SSSR count). The molecule has 1 N–H and O–H groups in total. The van der Waals surface area contributed by atoms with E-state index in [1.165, 1.54) is 37.8 Å². The fourth-order valence-electron chi connectivity index (χ4n) is 6.53. The number of methoxy groups -OCH3 is 1. The fraction of sp³-hybridized carbons (Fsp3) is 0.114. The van der Waals surface area contributed by atoms with Gasteiger partial charge in [0.2, 0.25) is 0 Å². The third kappa shape index (κ3) is 19.9. The molecule has 3 aromatic carbocycles. The number of hydrogen-bond donors (Lipinski definition) is 1. The van der Waals surface area contributed by atoms with Crippen LogP contribution in [-0.2, 0) is 26.0 Å². The maximum atomic E-state index is 6.18. The molecule has 5 heteroatoms. The number of halogens is 1. The summed E-state index contributed by atoms with van der Waals surface area (Å²) in [6, 6.07) is 21.4. The summed E-state index contributed by atoms with van der Waals surface area (Å²) < 4.78 is 13.1. The summed E-state index contributed by atoms with van der Waals surface area (Å²) in [5.41, 5.74) is 7.89. The van der Waals surface area contributed by atoms with E-state index in [-0.39, 0.29) is 0 Å². The van der Waals surface area contributed by atoms with Gasteiger partial charge in [-0.25, -0.2) is 0 Å². The van der Waals surface area contributed by atoms with Gasteiger partial charge >= 0.3 is 0 Å². The van der Waals surface area contributed by atoms with Gasteiger partial charge in [-0.2, -0.15) is 0 Å². The number of terminal acetylenes is 1. The molecule has 0 spiro atoms. The first-order valence-electron chi connectivity index (χ1n) is 21.9. The zero-order chi connectivity index (χ0) is 52.6. The predicted octanol–water partition coefficient (Wildman–Crippen LogP) is 6.88. The topological polar surface area (TPSA) is 37.5 Å². The van der Waals surface area contributed by atoms with Crippen LogP contribution in [-0.4, -0.2) is 23.5 Å². The van der Waals surface area contributed by atoms with Crippen molar-refractivity contribution in [2.24, 2.45) is 0 Å². The Kier molecular flexibility index (Phi) is 24.1. The van der Waals surface area contributed by atoms with Crippen LogP contribution >= 0.6 is 15.9 Å². The summed E-state index contributed by atoms with van der Waals surface area (Å²) in [6.45, 7) is 4.24. The van der Waals surface area contributed by atoms with Crippen molar-refractivity contribution < 1.29 is 9.47 Å². The fourth-order valence-corrected chi connectivity index (χ4v) is 7.14. The number of nitrogens with zero attached hydrogens (tertiary/aromatic N) is 1. The Bertz CT molecular complexity index is 4350. The molecule has 3 heterocycles. The Morgan fingerprint density at radius 3 is 1.41 bits per heavy atom. The highest BCUT2D eigenvalue weighted by molar-refractivity contribution is 9.10. The van der Waals surface area contributed by atoms with Crippen LogP contribution in [0.4, 0.5) is 0 Å². The lowest BCUT2D eigenvalue weighted by atomic mass is 9.85. The van der Waals surface area contributed by atoms with E-state index in [9.17, 15) is 0 Å². The monoisotopic (exact) mass is 1010 g/mol. The average Bonchev–Trinajstić information content (AvgIpc) is 3.81. The maximum absolute atomic E-state index is 6.18. The largest absolute Gasteiger partial charge is 0.493 e. The molecule has 2 aliphatic heterocycles. The SMILES string of the molecule is C#CC#CC#CC#CC#CC#CC#CC#CC#CC#CC#CC#CC#CC#CC#CC#CC#CC#CC#CC#CC#CC.COc1cc2c(cc1OCc1ccccc1)CCN1Cc3[nH]c4cccc(Br)c4c3CC21. The number of aromatic nitrogens is 1. The highest BCUT2D eigenvalue weighted by Gasteiger charge is 2.35. The summed E-state index contributed by atoms with van der Waals surface area (Å²) in [5, 5.41) is 1.32. The molecule has 75 heavy (non-hydrogen) atoms. The van der Waals surface area contributed by atoms with Crippen LogP contribution in [0.2, 0.25) is 0 Å². The molecule has 0 aliphatic carbocycles. The summed E-state index contributed by atoms with van der Waals surface area (Å²) in [4.78, 5) is 6.26. The summed E-state index contributed by atoms with van der Waals surface area (Å²) in [5.74, 6) is 104. The van der Waals surface area contributed by atoms with Crippen LogP contribution in [0.25, 0.3) is 10.9 Å². The van der Waals surface area contributed by atoms with E-state index < -0.39 is 0 Å². The van der Waals surface area contributed by atoms with Crippen molar-refractivity contribution in [2.75, 3.05) is 13.7 Å². The molecule has 0 radical (unpaired) electrons. The van der Waals surface area contributed by atoms with Gasteiger partial charge in [-0.15, -0.1) is 6.42 Å². The first kappa shape index (κ1) is 53.9. The van der Waals surface area contributed by atoms with Crippen molar-refractivity contribution in [2.45, 2.75) is 39.0 Å². The molecule has 4 nitrogen and oxygen atoms in total. The molecule has 0 amide bonds. The van der Waals surface area contributed by atoms with Gasteiger partial charge in [0.05, 0.1) is 7.11 Å². The lowest BCUT2D eigenvalue weighted by Gasteiger charge is -2.40. The Balaban J connectivity index is 0.000000286. The molecular weight excluding hydrogens is 981 g/mol. The number of hydrogen-bond acceptors (Lipinski definition) is 3. The molecular formula is C70H29BrN2O2. The van der Waals surface area contributed by atoms with Gasteiger partial charge in [0.1, 0.15) is 6.61 Å². The minimum absolute atomic E-state index is 0.356. The molecule has 1 aromatic heterocycles. The normalized spacial score (nSPS) is 9.71. The van der Waals surface area contributed by atoms with Crippen molar-refractivity contribution in [3.05, 3.63) is 93.1 Å². The van der Waals surface area contributed by atoms with E-state index >= 15 is 0 Å². The maximum Gasteiger partial charge on any atom is 0.161 e. The molecule has 1 atom stereocenters. The zero-order valence-corrected chi connectivity index (χ0v) is 41.7. The van der Waals surface area contributed by atoms with Crippen molar-refractivity contribution in [1.82, 2.24) is 9.88 Å². The molecule has 1 unspecified atom stereocenters. The number of aromatic amines is 1. The quantitative estimate of drug-likeness (QED) is 0.227. The Labute approximate surface area is 450 Å². The Hall–Kier alpha value is -12.0. The van der Waals surface area contributed by atoms with Gasteiger partial charge in [-0.1, -0.05) is 58.2 Å². The van der Waals surface area contributed by atoms with Crippen LogP contribution in [0.15, 0.2) is 65.1 Å². The van der Waals surface area contributed by atoms with Crippen molar-refractivity contribution in [3.8, 4) is 261 Å². The first-order valence-corrected chi connectivity index (χ1v) is 22.7. The van der Waals surface area contributed by atoms with E-state index in [2.05, 4.69) is 311 Å². The average molecular weight is 1010 g/mol. The first-order chi connectivity index (χ1) is 37.1. The van der Waals surface area contributed by atoms with Gasteiger partial charge in [0.15, 0.2) is 11.5 Å². The Morgan fingerprint density at radius 2 is 0.987 bits per heavy atom. The van der Waals surface area contributed by atoms with Crippen LogP contribution in [0.5, 0.6) is 11.5 Å². The highest BCUT2D eigenvalue weighted by atomic mass is 79.9. The van der Waals surface area contributed by atoms with Crippen LogP contribution in [0.3, 0.4) is 0 Å². The number of H-pyrrole nitrogens is 1. The van der Waals surface area contributed by atoms with Gasteiger partial charge in [0.25, 0.3) is 0 Å². The van der Waals surface area contributed by atoms with E-state index in [1.54, 1.807) is 14.0 Å². The number of ether oxygens (including phenoxy) is 2. The van der Waals surface area contributed by atoms with Gasteiger partial charge in [0, 0.05) is 182 Å². The Morgan fingerprint density at radius 1 is 0.547 bits per heavy atom. The number of nitrogens with one attached hydrogen (secondary N) is 1. The molecule has 0 bridgehead atoms. The molecule has 338 valence electrons. The number of rotatable bonds is 4. The smallest absolute Gasteiger partial charge is 0.161 e. The van der Waals surface area contributed by atoms with Gasteiger partial charge in [-0.3, -0.25) is 4.90 Å². The van der Waals surface area contributed by atoms with Crippen LogP contribution in [0, 0.1) is 249 Å². The van der Waals surface area contributed by atoms with E-state index in [0.717, 1.165) is 43.0 Å². The van der Waals surface area contributed by atoms with E-state index in [0.29, 0.717) is 12.6 Å². The van der Waals surface area contributed by atoms with Crippen molar-refractivity contribution in [3.63, 3.8) is 0 Å². The van der Waals surface area contributed by atoms with Crippen LogP contribution < -0.4 is 9.47 Å². The second-order valence-corrected chi connectivity index (χ2v) is 14.8. The van der Waals surface area contributed by atoms with Gasteiger partial charge in [-0.05, 0) is 161 Å². The number of benzene rings is 3. The zero-order valence-electron chi connectivity index (χ0n) is 40.1. The van der Waals surface area contributed by atoms with Crippen molar-refractivity contribution >= 4 is 26.8 Å². The standard InChI is InChI=1S/C43H4.C27H25BrN2O2/c1-3-5-7-9-11-13-15-17-19-21-23-25-27-29-31-33-35-37-39-41-43-42-40-38-36-34-32-30-28-26-24-22-20-18-16-14-12-10-8-6-4-2;1-31-25-14-19-18(12-26(25)32-16-17-6-3-2-4-7-17)10-11-30-15-23-20(13-24(19)30)27-21(28)8-5-9-22(27)29-23/h1H,2H3;2-9,12,14,24,29H,10-11,13,15-16H2,1H3. The lowest BCUT2D eigenvalue weighted by molar-refractivity contribution is 0.158. The number of fused-ring (bicyclic) bond motifs is 6. The predicted molar refractivity (Wildman–Crippen MR) is 300 cm³/mol. The lowest BCUT2D eigenvalue weighted by Crippen LogP contribution is -2.39.